The third-order valence-corrected chi connectivity index (χ3v) is 4.80. The van der Waals surface area contributed by atoms with Crippen molar-refractivity contribution in [2.75, 3.05) is 7.05 Å². The molecular weight excluding hydrogens is 344 g/mol. The summed E-state index contributed by atoms with van der Waals surface area (Å²) in [6.07, 6.45) is 0.233. The molecule has 27 heavy (non-hydrogen) atoms. The molecule has 6 nitrogen and oxygen atoms in total. The molecule has 0 unspecified atom stereocenters. The Hall–Kier alpha value is -3.02. The van der Waals surface area contributed by atoms with Gasteiger partial charge in [-0.3, -0.25) is 19.7 Å². The lowest BCUT2D eigenvalue weighted by Gasteiger charge is -2.25. The highest BCUT2D eigenvalue weighted by molar-refractivity contribution is 5.99. The normalized spacial score (nSPS) is 11.7. The van der Waals surface area contributed by atoms with Crippen LogP contribution in [-0.4, -0.2) is 28.6 Å². The van der Waals surface area contributed by atoms with Crippen LogP contribution in [0.2, 0.25) is 0 Å². The topological polar surface area (TPSA) is 80.5 Å². The van der Waals surface area contributed by atoms with E-state index in [1.54, 1.807) is 19.2 Å². The van der Waals surface area contributed by atoms with E-state index in [0.717, 1.165) is 11.1 Å². The molecule has 0 radical (unpaired) electrons. The molecule has 1 amide bonds. The molecule has 0 aromatic heterocycles. The molecule has 1 atom stereocenters. The van der Waals surface area contributed by atoms with Gasteiger partial charge in [0, 0.05) is 37.6 Å². The number of carbonyl (C=O) groups is 2. The SMILES string of the molecule is Cc1ccc(C)c(C(=O)CCC(=O)N(C)[C@@H](C)c2cccc([N+](=O)[O-])c2)c1. The van der Waals surface area contributed by atoms with E-state index in [9.17, 15) is 19.7 Å². The molecule has 6 heteroatoms. The maximum atomic E-state index is 12.5. The number of carbonyl (C=O) groups excluding carboxylic acids is 2. The Morgan fingerprint density at radius 2 is 1.81 bits per heavy atom. The first kappa shape index (κ1) is 20.3. The fourth-order valence-corrected chi connectivity index (χ4v) is 2.91. The number of amides is 1. The Morgan fingerprint density at radius 1 is 1.11 bits per heavy atom. The minimum Gasteiger partial charge on any atom is -0.339 e. The third kappa shape index (κ3) is 5.00. The fourth-order valence-electron chi connectivity index (χ4n) is 2.91. The number of nitro groups is 1. The number of rotatable bonds is 7. The Bertz CT molecular complexity index is 876. The number of nitro benzene ring substituents is 1. The van der Waals surface area contributed by atoms with E-state index >= 15 is 0 Å². The highest BCUT2D eigenvalue weighted by Gasteiger charge is 2.20. The van der Waals surface area contributed by atoms with Crippen molar-refractivity contribution in [3.8, 4) is 0 Å². The molecular formula is C21H24N2O4. The van der Waals surface area contributed by atoms with Gasteiger partial charge >= 0.3 is 0 Å². The predicted octanol–water partition coefficient (Wildman–Crippen LogP) is 4.39. The minimum atomic E-state index is -0.457. The zero-order valence-electron chi connectivity index (χ0n) is 16.1. The van der Waals surface area contributed by atoms with Crippen LogP contribution in [0.25, 0.3) is 0 Å². The summed E-state index contributed by atoms with van der Waals surface area (Å²) in [5, 5.41) is 10.9. The summed E-state index contributed by atoms with van der Waals surface area (Å²) in [7, 11) is 1.65. The molecule has 0 fully saturated rings. The van der Waals surface area contributed by atoms with E-state index in [1.165, 1.54) is 17.0 Å². The van der Waals surface area contributed by atoms with Crippen LogP contribution in [0.1, 0.15) is 52.9 Å². The van der Waals surface area contributed by atoms with Crippen molar-refractivity contribution in [1.29, 1.82) is 0 Å². The van der Waals surface area contributed by atoms with Gasteiger partial charge in [-0.05, 0) is 38.0 Å². The molecule has 142 valence electrons. The molecule has 0 heterocycles. The maximum absolute atomic E-state index is 12.5. The largest absolute Gasteiger partial charge is 0.339 e. The van der Waals surface area contributed by atoms with E-state index in [4.69, 9.17) is 0 Å². The molecule has 0 spiro atoms. The van der Waals surface area contributed by atoms with Crippen LogP contribution < -0.4 is 0 Å². The standard InChI is InChI=1S/C21H24N2O4/c1-14-8-9-15(2)19(12-14)20(24)10-11-21(25)22(4)16(3)17-6-5-7-18(13-17)23(26)27/h5-9,12-13,16H,10-11H2,1-4H3/t16-/m0/s1. The molecule has 0 N–H and O–H groups in total. The first-order valence-electron chi connectivity index (χ1n) is 8.81. The van der Waals surface area contributed by atoms with Crippen molar-refractivity contribution < 1.29 is 14.5 Å². The Kier molecular flexibility index (Phi) is 6.45. The Morgan fingerprint density at radius 3 is 2.48 bits per heavy atom. The lowest BCUT2D eigenvalue weighted by molar-refractivity contribution is -0.384. The highest BCUT2D eigenvalue weighted by atomic mass is 16.6. The van der Waals surface area contributed by atoms with Gasteiger partial charge in [0.2, 0.25) is 5.91 Å². The Balaban J connectivity index is 2.02. The van der Waals surface area contributed by atoms with Crippen LogP contribution in [0.5, 0.6) is 0 Å². The second-order valence-corrected chi connectivity index (χ2v) is 6.77. The van der Waals surface area contributed by atoms with Crippen LogP contribution in [0.15, 0.2) is 42.5 Å². The molecule has 2 rings (SSSR count). The zero-order chi connectivity index (χ0) is 20.1. The van der Waals surface area contributed by atoms with Crippen molar-refractivity contribution in [2.45, 2.75) is 39.7 Å². The third-order valence-electron chi connectivity index (χ3n) is 4.80. The summed E-state index contributed by atoms with van der Waals surface area (Å²) in [6, 6.07) is 11.6. The van der Waals surface area contributed by atoms with Gasteiger partial charge in [-0.1, -0.05) is 29.8 Å². The number of ketones is 1. The summed E-state index contributed by atoms with van der Waals surface area (Å²) in [5.41, 5.74) is 3.23. The van der Waals surface area contributed by atoms with E-state index < -0.39 is 4.92 Å². The van der Waals surface area contributed by atoms with E-state index in [-0.39, 0.29) is 36.3 Å². The van der Waals surface area contributed by atoms with E-state index in [1.807, 2.05) is 39.0 Å². The van der Waals surface area contributed by atoms with Crippen molar-refractivity contribution in [2.24, 2.45) is 0 Å². The van der Waals surface area contributed by atoms with Crippen LogP contribution in [-0.2, 0) is 4.79 Å². The molecule has 0 aliphatic carbocycles. The molecule has 2 aromatic rings. The van der Waals surface area contributed by atoms with Crippen molar-refractivity contribution in [3.05, 3.63) is 74.8 Å². The summed E-state index contributed by atoms with van der Waals surface area (Å²) < 4.78 is 0. The summed E-state index contributed by atoms with van der Waals surface area (Å²) in [6.45, 7) is 5.62. The second-order valence-electron chi connectivity index (χ2n) is 6.77. The van der Waals surface area contributed by atoms with Gasteiger partial charge in [-0.2, -0.15) is 0 Å². The quantitative estimate of drug-likeness (QED) is 0.412. The number of Topliss-reactive ketones (excluding diaryl/α,β-unsaturated/α-hetero) is 1. The van der Waals surface area contributed by atoms with Gasteiger partial charge in [-0.25, -0.2) is 0 Å². The van der Waals surface area contributed by atoms with Crippen LogP contribution in [0.4, 0.5) is 5.69 Å². The fraction of sp³-hybridized carbons (Fsp3) is 0.333. The van der Waals surface area contributed by atoms with Gasteiger partial charge < -0.3 is 4.90 Å². The number of hydrogen-bond donors (Lipinski definition) is 0. The summed E-state index contributed by atoms with van der Waals surface area (Å²) in [5.74, 6) is -0.228. The van der Waals surface area contributed by atoms with Gasteiger partial charge in [0.05, 0.1) is 11.0 Å². The highest BCUT2D eigenvalue weighted by Crippen LogP contribution is 2.24. The van der Waals surface area contributed by atoms with Gasteiger partial charge in [0.15, 0.2) is 5.78 Å². The lowest BCUT2D eigenvalue weighted by Crippen LogP contribution is -2.30. The first-order valence-corrected chi connectivity index (χ1v) is 8.81. The maximum Gasteiger partial charge on any atom is 0.269 e. The van der Waals surface area contributed by atoms with Crippen LogP contribution >= 0.6 is 0 Å². The summed E-state index contributed by atoms with van der Waals surface area (Å²) >= 11 is 0. The molecule has 0 saturated heterocycles. The number of non-ortho nitro benzene ring substituents is 1. The number of hydrogen-bond acceptors (Lipinski definition) is 4. The van der Waals surface area contributed by atoms with Crippen LogP contribution in [0, 0.1) is 24.0 Å². The average molecular weight is 368 g/mol. The second kappa shape index (κ2) is 8.58. The molecule has 2 aromatic carbocycles. The number of nitrogens with zero attached hydrogens (tertiary/aromatic N) is 2. The molecule has 0 saturated carbocycles. The molecule has 0 bridgehead atoms. The van der Waals surface area contributed by atoms with E-state index in [2.05, 4.69) is 0 Å². The van der Waals surface area contributed by atoms with Crippen molar-refractivity contribution in [3.63, 3.8) is 0 Å². The Labute approximate surface area is 159 Å². The lowest BCUT2D eigenvalue weighted by atomic mass is 9.99. The number of aryl methyl sites for hydroxylation is 2. The smallest absolute Gasteiger partial charge is 0.269 e. The number of benzene rings is 2. The van der Waals surface area contributed by atoms with Gasteiger partial charge in [0.1, 0.15) is 0 Å². The molecule has 0 aliphatic heterocycles. The van der Waals surface area contributed by atoms with Gasteiger partial charge in [-0.15, -0.1) is 0 Å². The monoisotopic (exact) mass is 368 g/mol. The predicted molar refractivity (Wildman–Crippen MR) is 104 cm³/mol. The van der Waals surface area contributed by atoms with E-state index in [0.29, 0.717) is 11.1 Å². The van der Waals surface area contributed by atoms with Crippen molar-refractivity contribution >= 4 is 17.4 Å². The van der Waals surface area contributed by atoms with Gasteiger partial charge in [0.25, 0.3) is 5.69 Å². The summed E-state index contributed by atoms with van der Waals surface area (Å²) in [4.78, 5) is 37.0. The first-order chi connectivity index (χ1) is 12.7. The average Bonchev–Trinajstić information content (AvgIpc) is 2.66. The molecule has 0 aliphatic rings. The minimum absolute atomic E-state index is 0.00898. The van der Waals surface area contributed by atoms with Crippen LogP contribution in [0.3, 0.4) is 0 Å². The zero-order valence-corrected chi connectivity index (χ0v) is 16.1. The van der Waals surface area contributed by atoms with Crippen molar-refractivity contribution in [1.82, 2.24) is 4.90 Å².